The molecule has 0 saturated carbocycles. The number of rotatable bonds is 5. The van der Waals surface area contributed by atoms with E-state index in [9.17, 15) is 4.79 Å². The average molecular weight is 222 g/mol. The molecule has 0 aliphatic carbocycles. The molecule has 0 fully saturated rings. The van der Waals surface area contributed by atoms with Crippen LogP contribution in [0.3, 0.4) is 0 Å². The first kappa shape index (κ1) is 12.8. The van der Waals surface area contributed by atoms with Gasteiger partial charge in [-0.2, -0.15) is 0 Å². The van der Waals surface area contributed by atoms with Crippen LogP contribution in [-0.2, 0) is 4.79 Å². The number of carbonyl (C=O) groups is 1. The van der Waals surface area contributed by atoms with Crippen LogP contribution in [0, 0.1) is 0 Å². The molecule has 1 aliphatic heterocycles. The summed E-state index contributed by atoms with van der Waals surface area (Å²) in [5.74, 6) is 0.0464. The van der Waals surface area contributed by atoms with Gasteiger partial charge in [-0.05, 0) is 26.7 Å². The monoisotopic (exact) mass is 222 g/mol. The highest BCUT2D eigenvalue weighted by Gasteiger charge is 2.29. The van der Waals surface area contributed by atoms with Gasteiger partial charge in [-0.1, -0.05) is 20.4 Å². The molecule has 0 aromatic heterocycles. The second kappa shape index (κ2) is 5.19. The van der Waals surface area contributed by atoms with Gasteiger partial charge in [0.15, 0.2) is 0 Å². The van der Waals surface area contributed by atoms with E-state index in [4.69, 9.17) is 0 Å². The van der Waals surface area contributed by atoms with Gasteiger partial charge in [0, 0.05) is 18.2 Å². The summed E-state index contributed by atoms with van der Waals surface area (Å²) >= 11 is 0. The maximum Gasteiger partial charge on any atom is 0.253 e. The molecule has 3 nitrogen and oxygen atoms in total. The minimum atomic E-state index is 0.0464. The molecule has 0 aromatic carbocycles. The third-order valence-electron chi connectivity index (χ3n) is 3.15. The molecule has 1 aliphatic rings. The lowest BCUT2D eigenvalue weighted by Gasteiger charge is -2.26. The van der Waals surface area contributed by atoms with E-state index in [0.29, 0.717) is 6.04 Å². The molecule has 1 heterocycles. The Balaban J connectivity index is 2.74. The van der Waals surface area contributed by atoms with E-state index in [-0.39, 0.29) is 11.9 Å². The third kappa shape index (κ3) is 2.46. The average Bonchev–Trinajstić information content (AvgIpc) is 2.53. The summed E-state index contributed by atoms with van der Waals surface area (Å²) in [6.07, 6.45) is 3.62. The molecule has 2 atom stereocenters. The van der Waals surface area contributed by atoms with E-state index < -0.39 is 0 Å². The number of hydrogen-bond acceptors (Lipinski definition) is 2. The van der Waals surface area contributed by atoms with Gasteiger partial charge in [-0.3, -0.25) is 4.79 Å². The summed E-state index contributed by atoms with van der Waals surface area (Å²) in [7, 11) is 0. The Morgan fingerprint density at radius 3 is 2.50 bits per heavy atom. The molecular weight excluding hydrogens is 200 g/mol. The zero-order chi connectivity index (χ0) is 12.3. The van der Waals surface area contributed by atoms with E-state index in [1.807, 2.05) is 6.92 Å². The van der Waals surface area contributed by atoms with Crippen LogP contribution in [0.15, 0.2) is 24.0 Å². The van der Waals surface area contributed by atoms with Crippen LogP contribution in [0.25, 0.3) is 0 Å². The standard InChI is InChI=1S/C13H22N2O/c1-6-9(3)14-12-8-13(16)15(11(12)5)10(4)7-2/h8-10,14H,5-7H2,1-4H3/t9-,10-/m0/s1. The van der Waals surface area contributed by atoms with E-state index in [1.165, 1.54) is 0 Å². The molecule has 16 heavy (non-hydrogen) atoms. The first-order chi connectivity index (χ1) is 7.51. The molecule has 90 valence electrons. The minimum absolute atomic E-state index is 0.0464. The van der Waals surface area contributed by atoms with Crippen LogP contribution in [-0.4, -0.2) is 22.9 Å². The second-order valence-electron chi connectivity index (χ2n) is 4.42. The predicted octanol–water partition coefficient (Wildman–Crippen LogP) is 2.41. The molecule has 1 N–H and O–H groups in total. The highest BCUT2D eigenvalue weighted by molar-refractivity contribution is 5.94. The topological polar surface area (TPSA) is 32.3 Å². The molecule has 0 aromatic rings. The smallest absolute Gasteiger partial charge is 0.253 e. The van der Waals surface area contributed by atoms with Gasteiger partial charge in [0.25, 0.3) is 5.91 Å². The number of nitrogens with one attached hydrogen (secondary N) is 1. The zero-order valence-electron chi connectivity index (χ0n) is 10.7. The maximum atomic E-state index is 11.8. The van der Waals surface area contributed by atoms with Crippen molar-refractivity contribution in [1.82, 2.24) is 10.2 Å². The lowest BCUT2D eigenvalue weighted by Crippen LogP contribution is -2.34. The largest absolute Gasteiger partial charge is 0.381 e. The summed E-state index contributed by atoms with van der Waals surface area (Å²) in [6.45, 7) is 12.3. The molecule has 0 spiro atoms. The Bertz CT molecular complexity index is 320. The van der Waals surface area contributed by atoms with Crippen molar-refractivity contribution in [2.24, 2.45) is 0 Å². The Morgan fingerprint density at radius 2 is 2.00 bits per heavy atom. The SMILES string of the molecule is C=C1C(N[C@@H](C)CC)=CC(=O)N1[C@@H](C)CC. The highest BCUT2D eigenvalue weighted by Crippen LogP contribution is 2.24. The van der Waals surface area contributed by atoms with Gasteiger partial charge in [0.05, 0.1) is 11.4 Å². The van der Waals surface area contributed by atoms with Gasteiger partial charge in [-0.25, -0.2) is 0 Å². The Morgan fingerprint density at radius 1 is 1.38 bits per heavy atom. The van der Waals surface area contributed by atoms with Crippen molar-refractivity contribution in [1.29, 1.82) is 0 Å². The minimum Gasteiger partial charge on any atom is -0.381 e. The second-order valence-corrected chi connectivity index (χ2v) is 4.42. The summed E-state index contributed by atoms with van der Waals surface area (Å²) in [6, 6.07) is 0.583. The van der Waals surface area contributed by atoms with Crippen molar-refractivity contribution in [3.8, 4) is 0 Å². The fourth-order valence-corrected chi connectivity index (χ4v) is 1.70. The first-order valence-electron chi connectivity index (χ1n) is 6.01. The normalized spacial score (nSPS) is 19.8. The molecule has 0 saturated heterocycles. The molecule has 0 unspecified atom stereocenters. The van der Waals surface area contributed by atoms with Crippen LogP contribution < -0.4 is 5.32 Å². The van der Waals surface area contributed by atoms with Crippen LogP contribution >= 0.6 is 0 Å². The molecule has 1 rings (SSSR count). The van der Waals surface area contributed by atoms with Gasteiger partial charge < -0.3 is 10.2 Å². The Labute approximate surface area is 98.2 Å². The van der Waals surface area contributed by atoms with Gasteiger partial charge in [0.2, 0.25) is 0 Å². The number of hydrogen-bond donors (Lipinski definition) is 1. The van der Waals surface area contributed by atoms with Crippen molar-refractivity contribution in [3.05, 3.63) is 24.0 Å². The Kier molecular flexibility index (Phi) is 4.16. The highest BCUT2D eigenvalue weighted by atomic mass is 16.2. The fraction of sp³-hybridized carbons (Fsp3) is 0.615. The van der Waals surface area contributed by atoms with Crippen molar-refractivity contribution >= 4 is 5.91 Å². The summed E-state index contributed by atoms with van der Waals surface area (Å²) in [4.78, 5) is 13.6. The van der Waals surface area contributed by atoms with Gasteiger partial charge in [0.1, 0.15) is 0 Å². The van der Waals surface area contributed by atoms with Crippen molar-refractivity contribution in [3.63, 3.8) is 0 Å². The zero-order valence-corrected chi connectivity index (χ0v) is 10.7. The molecule has 3 heteroatoms. The van der Waals surface area contributed by atoms with Crippen molar-refractivity contribution in [2.45, 2.75) is 52.6 Å². The van der Waals surface area contributed by atoms with Gasteiger partial charge in [-0.15, -0.1) is 0 Å². The van der Waals surface area contributed by atoms with Crippen molar-refractivity contribution in [2.75, 3.05) is 0 Å². The van der Waals surface area contributed by atoms with E-state index in [0.717, 1.165) is 24.2 Å². The summed E-state index contributed by atoms with van der Waals surface area (Å²) in [5, 5.41) is 3.32. The predicted molar refractivity (Wildman–Crippen MR) is 66.7 cm³/mol. The fourth-order valence-electron chi connectivity index (χ4n) is 1.70. The number of amides is 1. The van der Waals surface area contributed by atoms with Gasteiger partial charge >= 0.3 is 0 Å². The van der Waals surface area contributed by atoms with Crippen molar-refractivity contribution < 1.29 is 4.79 Å². The van der Waals surface area contributed by atoms with Crippen LogP contribution in [0.1, 0.15) is 40.5 Å². The lowest BCUT2D eigenvalue weighted by atomic mass is 10.2. The summed E-state index contributed by atoms with van der Waals surface area (Å²) < 4.78 is 0. The lowest BCUT2D eigenvalue weighted by molar-refractivity contribution is -0.124. The molecular formula is C13H22N2O. The molecule has 0 radical (unpaired) electrons. The van der Waals surface area contributed by atoms with E-state index in [1.54, 1.807) is 11.0 Å². The number of nitrogens with zero attached hydrogens (tertiary/aromatic N) is 1. The van der Waals surface area contributed by atoms with E-state index >= 15 is 0 Å². The first-order valence-corrected chi connectivity index (χ1v) is 6.01. The number of carbonyl (C=O) groups excluding carboxylic acids is 1. The quantitative estimate of drug-likeness (QED) is 0.774. The molecule has 1 amide bonds. The van der Waals surface area contributed by atoms with Crippen LogP contribution in [0.5, 0.6) is 0 Å². The maximum absolute atomic E-state index is 11.8. The van der Waals surface area contributed by atoms with Crippen LogP contribution in [0.4, 0.5) is 0 Å². The Hall–Kier alpha value is -1.25. The van der Waals surface area contributed by atoms with E-state index in [2.05, 4.69) is 32.7 Å². The van der Waals surface area contributed by atoms with Crippen LogP contribution in [0.2, 0.25) is 0 Å². The molecule has 0 bridgehead atoms. The third-order valence-corrected chi connectivity index (χ3v) is 3.15. The summed E-state index contributed by atoms with van der Waals surface area (Å²) in [5.41, 5.74) is 1.68.